The van der Waals surface area contributed by atoms with Crippen molar-refractivity contribution in [3.8, 4) is 0 Å². The molecule has 0 radical (unpaired) electrons. The number of aliphatic hydroxyl groups is 1. The molecule has 1 aromatic carbocycles. The van der Waals surface area contributed by atoms with Crippen LogP contribution in [-0.2, 0) is 6.54 Å². The first-order valence-electron chi connectivity index (χ1n) is 5.07. The van der Waals surface area contributed by atoms with E-state index in [1.807, 2.05) is 48.0 Å². The molecule has 1 N–H and O–H groups in total. The zero-order chi connectivity index (χ0) is 10.7. The van der Waals surface area contributed by atoms with E-state index in [1.54, 1.807) is 6.20 Å². The van der Waals surface area contributed by atoms with E-state index in [2.05, 4.69) is 4.98 Å². The van der Waals surface area contributed by atoms with Crippen molar-refractivity contribution in [1.29, 1.82) is 0 Å². The van der Waals surface area contributed by atoms with Gasteiger partial charge in [-0.3, -0.25) is 0 Å². The zero-order valence-corrected chi connectivity index (χ0v) is 8.67. The second kappa shape index (κ2) is 4.28. The second-order valence-corrected chi connectivity index (χ2v) is 3.38. The fourth-order valence-electron chi connectivity index (χ4n) is 1.62. The number of hydrogen-bond donors (Lipinski definition) is 1. The molecule has 0 bridgehead atoms. The number of aromatic nitrogens is 2. The molecule has 0 aliphatic rings. The lowest BCUT2D eigenvalue weighted by molar-refractivity contribution is 0.205. The Balaban J connectivity index is 2.32. The van der Waals surface area contributed by atoms with Crippen molar-refractivity contribution in [3.63, 3.8) is 0 Å². The predicted octanol–water partition coefficient (Wildman–Crippen LogP) is 1.98. The molecule has 2 aromatic rings. The molecule has 15 heavy (non-hydrogen) atoms. The van der Waals surface area contributed by atoms with Gasteiger partial charge in [-0.1, -0.05) is 30.3 Å². The van der Waals surface area contributed by atoms with Crippen molar-refractivity contribution in [1.82, 2.24) is 9.55 Å². The molecule has 0 unspecified atom stereocenters. The summed E-state index contributed by atoms with van der Waals surface area (Å²) in [5, 5.41) is 10.1. The molecule has 78 valence electrons. The van der Waals surface area contributed by atoms with Crippen molar-refractivity contribution >= 4 is 0 Å². The molecule has 1 heterocycles. The average Bonchev–Trinajstić information content (AvgIpc) is 2.77. The maximum atomic E-state index is 10.1. The van der Waals surface area contributed by atoms with Gasteiger partial charge in [0.1, 0.15) is 11.9 Å². The van der Waals surface area contributed by atoms with Gasteiger partial charge < -0.3 is 9.67 Å². The molecule has 0 spiro atoms. The van der Waals surface area contributed by atoms with Gasteiger partial charge >= 0.3 is 0 Å². The van der Waals surface area contributed by atoms with Crippen molar-refractivity contribution in [2.24, 2.45) is 0 Å². The fraction of sp³-hybridized carbons (Fsp3) is 0.250. The molecular formula is C12H14N2O. The third-order valence-electron chi connectivity index (χ3n) is 2.45. The number of hydrogen-bond acceptors (Lipinski definition) is 2. The van der Waals surface area contributed by atoms with Crippen LogP contribution in [0, 0.1) is 0 Å². The van der Waals surface area contributed by atoms with Gasteiger partial charge in [0.05, 0.1) is 0 Å². The number of aliphatic hydroxyl groups excluding tert-OH is 1. The molecule has 0 amide bonds. The van der Waals surface area contributed by atoms with Crippen LogP contribution in [0.2, 0.25) is 0 Å². The molecule has 0 aliphatic carbocycles. The Morgan fingerprint density at radius 3 is 2.73 bits per heavy atom. The summed E-state index contributed by atoms with van der Waals surface area (Å²) in [6.07, 6.45) is 2.95. The molecule has 3 heteroatoms. The van der Waals surface area contributed by atoms with Crippen LogP contribution in [0.1, 0.15) is 24.4 Å². The first-order chi connectivity index (χ1) is 7.33. The molecule has 0 saturated heterocycles. The topological polar surface area (TPSA) is 38.0 Å². The van der Waals surface area contributed by atoms with Crippen LogP contribution in [0.3, 0.4) is 0 Å². The Hall–Kier alpha value is -1.61. The van der Waals surface area contributed by atoms with Crippen LogP contribution < -0.4 is 0 Å². The lowest BCUT2D eigenvalue weighted by Gasteiger charge is -2.11. The van der Waals surface area contributed by atoms with Gasteiger partial charge in [-0.05, 0) is 12.5 Å². The average molecular weight is 202 g/mol. The van der Waals surface area contributed by atoms with E-state index in [-0.39, 0.29) is 0 Å². The number of benzene rings is 1. The maximum Gasteiger partial charge on any atom is 0.142 e. The Bertz CT molecular complexity index is 422. The molecule has 2 rings (SSSR count). The summed E-state index contributed by atoms with van der Waals surface area (Å²) in [5.74, 6) is 0.698. The van der Waals surface area contributed by atoms with Crippen molar-refractivity contribution < 1.29 is 5.11 Å². The molecule has 0 fully saturated rings. The first-order valence-corrected chi connectivity index (χ1v) is 5.07. The standard InChI is InChI=1S/C12H14N2O/c1-2-14-9-8-13-12(14)11(15)10-6-4-3-5-7-10/h3-9,11,15H,2H2,1H3/t11-/m0/s1. The Morgan fingerprint density at radius 1 is 1.33 bits per heavy atom. The van der Waals surface area contributed by atoms with Gasteiger partial charge in [0.2, 0.25) is 0 Å². The number of nitrogens with zero attached hydrogens (tertiary/aromatic N) is 2. The molecule has 1 atom stereocenters. The summed E-state index contributed by atoms with van der Waals surface area (Å²) < 4.78 is 1.94. The summed E-state index contributed by atoms with van der Waals surface area (Å²) in [6, 6.07) is 9.57. The van der Waals surface area contributed by atoms with Crippen LogP contribution >= 0.6 is 0 Å². The summed E-state index contributed by atoms with van der Waals surface area (Å²) in [5.41, 5.74) is 0.874. The highest BCUT2D eigenvalue weighted by atomic mass is 16.3. The lowest BCUT2D eigenvalue weighted by Crippen LogP contribution is -2.08. The molecule has 1 aromatic heterocycles. The van der Waals surface area contributed by atoms with Gasteiger partial charge in [0.25, 0.3) is 0 Å². The number of rotatable bonds is 3. The Kier molecular flexibility index (Phi) is 2.83. The minimum Gasteiger partial charge on any atom is -0.380 e. The smallest absolute Gasteiger partial charge is 0.142 e. The van der Waals surface area contributed by atoms with Gasteiger partial charge in [-0.25, -0.2) is 4.98 Å². The first kappa shape index (κ1) is 9.93. The van der Waals surface area contributed by atoms with E-state index < -0.39 is 6.10 Å². The minimum atomic E-state index is -0.638. The molecule has 0 aliphatic heterocycles. The Morgan fingerprint density at radius 2 is 2.07 bits per heavy atom. The maximum absolute atomic E-state index is 10.1. The molecule has 0 saturated carbocycles. The SMILES string of the molecule is CCn1ccnc1[C@@H](O)c1ccccc1. The van der Waals surface area contributed by atoms with Crippen LogP contribution in [0.4, 0.5) is 0 Å². The van der Waals surface area contributed by atoms with E-state index in [4.69, 9.17) is 0 Å². The number of aryl methyl sites for hydroxylation is 1. The number of imidazole rings is 1. The largest absolute Gasteiger partial charge is 0.380 e. The highest BCUT2D eigenvalue weighted by Crippen LogP contribution is 2.19. The van der Waals surface area contributed by atoms with E-state index in [1.165, 1.54) is 0 Å². The molecular weight excluding hydrogens is 188 g/mol. The third-order valence-corrected chi connectivity index (χ3v) is 2.45. The lowest BCUT2D eigenvalue weighted by atomic mass is 10.1. The minimum absolute atomic E-state index is 0.638. The fourth-order valence-corrected chi connectivity index (χ4v) is 1.62. The monoisotopic (exact) mass is 202 g/mol. The predicted molar refractivity (Wildman–Crippen MR) is 58.4 cm³/mol. The Labute approximate surface area is 89.0 Å². The quantitative estimate of drug-likeness (QED) is 0.826. The highest BCUT2D eigenvalue weighted by molar-refractivity contribution is 5.22. The van der Waals surface area contributed by atoms with E-state index in [0.29, 0.717) is 5.82 Å². The van der Waals surface area contributed by atoms with Crippen molar-refractivity contribution in [2.45, 2.75) is 19.6 Å². The van der Waals surface area contributed by atoms with E-state index in [0.717, 1.165) is 12.1 Å². The second-order valence-electron chi connectivity index (χ2n) is 3.38. The van der Waals surface area contributed by atoms with Crippen LogP contribution in [-0.4, -0.2) is 14.7 Å². The summed E-state index contributed by atoms with van der Waals surface area (Å²) >= 11 is 0. The van der Waals surface area contributed by atoms with Gasteiger partial charge in [0.15, 0.2) is 0 Å². The van der Waals surface area contributed by atoms with E-state index in [9.17, 15) is 5.11 Å². The van der Waals surface area contributed by atoms with Crippen molar-refractivity contribution in [3.05, 3.63) is 54.1 Å². The molecule has 3 nitrogen and oxygen atoms in total. The third kappa shape index (κ3) is 1.92. The van der Waals surface area contributed by atoms with Gasteiger partial charge in [-0.2, -0.15) is 0 Å². The highest BCUT2D eigenvalue weighted by Gasteiger charge is 2.14. The zero-order valence-electron chi connectivity index (χ0n) is 8.67. The van der Waals surface area contributed by atoms with Crippen LogP contribution in [0.5, 0.6) is 0 Å². The summed E-state index contributed by atoms with van der Waals surface area (Å²) in [6.45, 7) is 2.85. The summed E-state index contributed by atoms with van der Waals surface area (Å²) in [4.78, 5) is 4.18. The van der Waals surface area contributed by atoms with Gasteiger partial charge in [0, 0.05) is 18.9 Å². The summed E-state index contributed by atoms with van der Waals surface area (Å²) in [7, 11) is 0. The normalized spacial score (nSPS) is 12.7. The van der Waals surface area contributed by atoms with Crippen LogP contribution in [0.25, 0.3) is 0 Å². The van der Waals surface area contributed by atoms with E-state index >= 15 is 0 Å². The van der Waals surface area contributed by atoms with Crippen molar-refractivity contribution in [2.75, 3.05) is 0 Å². The van der Waals surface area contributed by atoms with Crippen LogP contribution in [0.15, 0.2) is 42.7 Å². The van der Waals surface area contributed by atoms with Gasteiger partial charge in [-0.15, -0.1) is 0 Å².